The number of hydrogen-bond donors (Lipinski definition) is 2. The van der Waals surface area contributed by atoms with Crippen LogP contribution in [0.15, 0.2) is 48.7 Å². The SMILES string of the molecule is CCc1cccc(N(N)C(=O)N(C)N)c1COc1ccc(-c2nccc(C)n2)cc1C(F)(F)F. The van der Waals surface area contributed by atoms with Gasteiger partial charge in [-0.1, -0.05) is 19.1 Å². The summed E-state index contributed by atoms with van der Waals surface area (Å²) in [6.07, 6.45) is -2.65. The van der Waals surface area contributed by atoms with Crippen LogP contribution in [0.2, 0.25) is 0 Å². The zero-order chi connectivity index (χ0) is 25.0. The van der Waals surface area contributed by atoms with E-state index >= 15 is 0 Å². The molecule has 1 aromatic heterocycles. The lowest BCUT2D eigenvalue weighted by Crippen LogP contribution is -2.49. The number of alkyl halides is 3. The highest BCUT2D eigenvalue weighted by molar-refractivity contribution is 5.91. The van der Waals surface area contributed by atoms with Crippen LogP contribution in [0, 0.1) is 6.92 Å². The van der Waals surface area contributed by atoms with Crippen molar-refractivity contribution < 1.29 is 22.7 Å². The number of benzene rings is 2. The number of aryl methyl sites for hydroxylation is 2. The standard InChI is InChI=1S/C23H25F3N6O2/c1-4-15-6-5-7-19(32(28)22(33)31(3)27)17(15)13-34-20-9-8-16(12-18(20)23(24,25)26)21-29-11-10-14(2)30-21/h5-12H,4,13,27-28H2,1-3H3. The van der Waals surface area contributed by atoms with Gasteiger partial charge in [-0.3, -0.25) is 5.01 Å². The number of hydrogen-bond acceptors (Lipinski definition) is 6. The lowest BCUT2D eigenvalue weighted by Gasteiger charge is -2.25. The summed E-state index contributed by atoms with van der Waals surface area (Å²) in [6.45, 7) is 3.35. The van der Waals surface area contributed by atoms with Crippen molar-refractivity contribution in [2.75, 3.05) is 12.1 Å². The minimum atomic E-state index is -4.68. The van der Waals surface area contributed by atoms with E-state index in [4.69, 9.17) is 16.4 Å². The Morgan fingerprint density at radius 2 is 1.88 bits per heavy atom. The van der Waals surface area contributed by atoms with Gasteiger partial charge in [0.25, 0.3) is 0 Å². The molecule has 0 fully saturated rings. The van der Waals surface area contributed by atoms with Crippen LogP contribution in [0.3, 0.4) is 0 Å². The van der Waals surface area contributed by atoms with Gasteiger partial charge in [-0.05, 0) is 49.2 Å². The fourth-order valence-corrected chi connectivity index (χ4v) is 3.37. The summed E-state index contributed by atoms with van der Waals surface area (Å²) in [5.74, 6) is 11.2. The zero-order valence-electron chi connectivity index (χ0n) is 18.9. The van der Waals surface area contributed by atoms with E-state index in [1.54, 1.807) is 31.2 Å². The molecule has 11 heteroatoms. The van der Waals surface area contributed by atoms with Gasteiger partial charge < -0.3 is 4.74 Å². The fraction of sp³-hybridized carbons (Fsp3) is 0.261. The summed E-state index contributed by atoms with van der Waals surface area (Å²) in [5.41, 5.74) is 1.39. The van der Waals surface area contributed by atoms with Gasteiger partial charge in [0.1, 0.15) is 12.4 Å². The average molecular weight is 474 g/mol. The number of ether oxygens (including phenoxy) is 1. The van der Waals surface area contributed by atoms with Crippen LogP contribution in [0.5, 0.6) is 5.75 Å². The molecule has 3 rings (SSSR count). The molecule has 1 heterocycles. The van der Waals surface area contributed by atoms with Gasteiger partial charge in [0.15, 0.2) is 5.82 Å². The number of aromatic nitrogens is 2. The molecule has 8 nitrogen and oxygen atoms in total. The Morgan fingerprint density at radius 3 is 2.50 bits per heavy atom. The van der Waals surface area contributed by atoms with Crippen molar-refractivity contribution in [2.45, 2.75) is 33.1 Å². The smallest absolute Gasteiger partial charge is 0.419 e. The molecule has 2 aromatic carbocycles. The van der Waals surface area contributed by atoms with Gasteiger partial charge in [0.05, 0.1) is 11.3 Å². The van der Waals surface area contributed by atoms with Crippen molar-refractivity contribution >= 4 is 11.7 Å². The molecule has 0 saturated carbocycles. The zero-order valence-corrected chi connectivity index (χ0v) is 18.9. The first-order valence-electron chi connectivity index (χ1n) is 10.3. The molecule has 34 heavy (non-hydrogen) atoms. The Morgan fingerprint density at radius 1 is 1.15 bits per heavy atom. The summed E-state index contributed by atoms with van der Waals surface area (Å²) < 4.78 is 47.3. The van der Waals surface area contributed by atoms with E-state index in [-0.39, 0.29) is 29.4 Å². The largest absolute Gasteiger partial charge is 0.488 e. The molecule has 0 aliphatic heterocycles. The van der Waals surface area contributed by atoms with Crippen molar-refractivity contribution in [3.05, 3.63) is 71.0 Å². The summed E-state index contributed by atoms with van der Waals surface area (Å²) in [7, 11) is 1.33. The number of nitrogens with two attached hydrogens (primary N) is 2. The van der Waals surface area contributed by atoms with Gasteiger partial charge in [0, 0.05) is 30.1 Å². The molecule has 0 atom stereocenters. The number of halogens is 3. The second-order valence-electron chi connectivity index (χ2n) is 7.55. The molecule has 0 bridgehead atoms. The van der Waals surface area contributed by atoms with Crippen LogP contribution in [0.1, 0.15) is 29.3 Å². The molecule has 0 spiro atoms. The van der Waals surface area contributed by atoms with Gasteiger partial charge in [-0.2, -0.15) is 13.2 Å². The first-order chi connectivity index (χ1) is 16.0. The van der Waals surface area contributed by atoms with Crippen LogP contribution in [0.25, 0.3) is 11.4 Å². The van der Waals surface area contributed by atoms with Gasteiger partial charge in [-0.15, -0.1) is 0 Å². The summed E-state index contributed by atoms with van der Waals surface area (Å²) >= 11 is 0. The normalized spacial score (nSPS) is 11.3. The molecular weight excluding hydrogens is 449 g/mol. The minimum absolute atomic E-state index is 0.179. The molecule has 2 amide bonds. The summed E-state index contributed by atoms with van der Waals surface area (Å²) in [5, 5.41) is 1.64. The van der Waals surface area contributed by atoms with Crippen molar-refractivity contribution in [2.24, 2.45) is 11.7 Å². The maximum atomic E-state index is 13.9. The van der Waals surface area contributed by atoms with E-state index < -0.39 is 17.8 Å². The van der Waals surface area contributed by atoms with Crippen LogP contribution in [-0.4, -0.2) is 28.1 Å². The predicted octanol–water partition coefficient (Wildman–Crippen LogP) is 4.22. The number of urea groups is 1. The molecule has 0 unspecified atom stereocenters. The Kier molecular flexibility index (Phi) is 7.38. The van der Waals surface area contributed by atoms with Crippen molar-refractivity contribution in [3.63, 3.8) is 0 Å². The van der Waals surface area contributed by atoms with E-state index in [0.29, 0.717) is 17.7 Å². The molecular formula is C23H25F3N6O2. The number of anilines is 1. The second-order valence-corrected chi connectivity index (χ2v) is 7.55. The highest BCUT2D eigenvalue weighted by Crippen LogP contribution is 2.39. The molecule has 4 N–H and O–H groups in total. The number of rotatable bonds is 6. The third-order valence-corrected chi connectivity index (χ3v) is 5.11. The second kappa shape index (κ2) is 10.1. The summed E-state index contributed by atoms with van der Waals surface area (Å²) in [6, 6.07) is 9.66. The highest BCUT2D eigenvalue weighted by atomic mass is 19.4. The molecule has 180 valence electrons. The van der Waals surface area contributed by atoms with E-state index in [1.807, 2.05) is 6.92 Å². The van der Waals surface area contributed by atoms with Gasteiger partial charge in [-0.25, -0.2) is 31.5 Å². The Bertz CT molecular complexity index is 1180. The molecule has 0 saturated heterocycles. The third kappa shape index (κ3) is 5.43. The first-order valence-corrected chi connectivity index (χ1v) is 10.3. The molecule has 0 aliphatic carbocycles. The number of hydrazine groups is 2. The Balaban J connectivity index is 1.99. The number of amides is 2. The molecule has 3 aromatic rings. The molecule has 0 aliphatic rings. The van der Waals surface area contributed by atoms with Gasteiger partial charge in [0.2, 0.25) is 0 Å². The maximum Gasteiger partial charge on any atom is 0.419 e. The van der Waals surface area contributed by atoms with E-state index in [0.717, 1.165) is 21.6 Å². The van der Waals surface area contributed by atoms with Crippen LogP contribution < -0.4 is 21.4 Å². The van der Waals surface area contributed by atoms with Crippen molar-refractivity contribution in [3.8, 4) is 17.1 Å². The average Bonchev–Trinajstić information content (AvgIpc) is 2.80. The summed E-state index contributed by atoms with van der Waals surface area (Å²) in [4.78, 5) is 20.5. The Hall–Kier alpha value is -3.70. The van der Waals surface area contributed by atoms with Gasteiger partial charge >= 0.3 is 12.2 Å². The van der Waals surface area contributed by atoms with E-state index in [9.17, 15) is 18.0 Å². The first kappa shape index (κ1) is 24.9. The lowest BCUT2D eigenvalue weighted by atomic mass is 10.0. The highest BCUT2D eigenvalue weighted by Gasteiger charge is 2.35. The Labute approximate surface area is 194 Å². The minimum Gasteiger partial charge on any atom is -0.488 e. The van der Waals surface area contributed by atoms with Crippen LogP contribution in [0.4, 0.5) is 23.7 Å². The third-order valence-electron chi connectivity index (χ3n) is 5.11. The van der Waals surface area contributed by atoms with Crippen molar-refractivity contribution in [1.29, 1.82) is 0 Å². The van der Waals surface area contributed by atoms with Crippen molar-refractivity contribution in [1.82, 2.24) is 15.0 Å². The molecule has 0 radical (unpaired) electrons. The number of carbonyl (C=O) groups is 1. The van der Waals surface area contributed by atoms with E-state index in [1.165, 1.54) is 25.4 Å². The predicted molar refractivity (Wildman–Crippen MR) is 121 cm³/mol. The maximum absolute atomic E-state index is 13.9. The topological polar surface area (TPSA) is 111 Å². The number of carbonyl (C=O) groups excluding carboxylic acids is 1. The fourth-order valence-electron chi connectivity index (χ4n) is 3.37. The monoisotopic (exact) mass is 474 g/mol. The lowest BCUT2D eigenvalue weighted by molar-refractivity contribution is -0.139. The van der Waals surface area contributed by atoms with Crippen LogP contribution in [-0.2, 0) is 19.2 Å². The van der Waals surface area contributed by atoms with Crippen LogP contribution >= 0.6 is 0 Å². The van der Waals surface area contributed by atoms with E-state index in [2.05, 4.69) is 9.97 Å². The quantitative estimate of drug-likeness (QED) is 0.314. The number of nitrogens with zero attached hydrogens (tertiary/aromatic N) is 4.